The van der Waals surface area contributed by atoms with Gasteiger partial charge in [-0.25, -0.2) is 9.97 Å². The minimum atomic E-state index is 0.0759. The second kappa shape index (κ2) is 6.18. The van der Waals surface area contributed by atoms with E-state index in [4.69, 9.17) is 4.74 Å². The van der Waals surface area contributed by atoms with E-state index in [2.05, 4.69) is 22.2 Å². The SMILES string of the molecule is CCNCc1cnc(C2CSCCO2)nc1. The van der Waals surface area contributed by atoms with Gasteiger partial charge in [0.2, 0.25) is 0 Å². The molecule has 1 unspecified atom stereocenters. The molecule has 0 amide bonds. The van der Waals surface area contributed by atoms with E-state index in [1.54, 1.807) is 0 Å². The van der Waals surface area contributed by atoms with Gasteiger partial charge in [-0.15, -0.1) is 0 Å². The minimum Gasteiger partial charge on any atom is -0.368 e. The van der Waals surface area contributed by atoms with Crippen molar-refractivity contribution in [2.75, 3.05) is 24.7 Å². The van der Waals surface area contributed by atoms with Crippen molar-refractivity contribution in [1.29, 1.82) is 0 Å². The van der Waals surface area contributed by atoms with Crippen molar-refractivity contribution in [3.8, 4) is 0 Å². The first-order valence-electron chi connectivity index (χ1n) is 5.61. The Kier molecular flexibility index (Phi) is 4.56. The molecule has 1 aliphatic heterocycles. The summed E-state index contributed by atoms with van der Waals surface area (Å²) in [5.74, 6) is 2.86. The van der Waals surface area contributed by atoms with Gasteiger partial charge in [0.05, 0.1) is 6.61 Å². The predicted octanol–water partition coefficient (Wildman–Crippen LogP) is 1.39. The summed E-state index contributed by atoms with van der Waals surface area (Å²) in [5.41, 5.74) is 1.12. The van der Waals surface area contributed by atoms with E-state index in [-0.39, 0.29) is 6.10 Å². The molecule has 0 aromatic carbocycles. The fourth-order valence-electron chi connectivity index (χ4n) is 1.53. The highest BCUT2D eigenvalue weighted by Gasteiger charge is 2.18. The zero-order valence-electron chi connectivity index (χ0n) is 9.48. The fourth-order valence-corrected chi connectivity index (χ4v) is 2.37. The summed E-state index contributed by atoms with van der Waals surface area (Å²) in [5, 5.41) is 3.25. The number of rotatable bonds is 4. The highest BCUT2D eigenvalue weighted by atomic mass is 32.2. The van der Waals surface area contributed by atoms with Gasteiger partial charge in [-0.2, -0.15) is 11.8 Å². The van der Waals surface area contributed by atoms with Gasteiger partial charge in [-0.3, -0.25) is 0 Å². The van der Waals surface area contributed by atoms with Crippen LogP contribution in [0.5, 0.6) is 0 Å². The van der Waals surface area contributed by atoms with Gasteiger partial charge in [0.25, 0.3) is 0 Å². The molecule has 1 N–H and O–H groups in total. The third kappa shape index (κ3) is 3.17. The summed E-state index contributed by atoms with van der Waals surface area (Å²) in [6.07, 6.45) is 3.84. The lowest BCUT2D eigenvalue weighted by Crippen LogP contribution is -2.18. The third-order valence-electron chi connectivity index (χ3n) is 2.41. The van der Waals surface area contributed by atoms with Gasteiger partial charge in [0.1, 0.15) is 6.10 Å². The fraction of sp³-hybridized carbons (Fsp3) is 0.636. The Morgan fingerprint density at radius 3 is 2.94 bits per heavy atom. The van der Waals surface area contributed by atoms with Crippen LogP contribution in [0.1, 0.15) is 24.4 Å². The molecular formula is C11H17N3OS. The number of thioether (sulfide) groups is 1. The Hall–Kier alpha value is -0.650. The summed E-state index contributed by atoms with van der Waals surface area (Å²) in [6.45, 7) is 4.68. The van der Waals surface area contributed by atoms with Crippen molar-refractivity contribution in [3.63, 3.8) is 0 Å². The lowest BCUT2D eigenvalue weighted by atomic mass is 10.3. The number of hydrogen-bond donors (Lipinski definition) is 1. The molecule has 1 fully saturated rings. The maximum Gasteiger partial charge on any atom is 0.157 e. The number of ether oxygens (including phenoxy) is 1. The topological polar surface area (TPSA) is 47.0 Å². The van der Waals surface area contributed by atoms with Crippen molar-refractivity contribution >= 4 is 11.8 Å². The number of nitrogens with zero attached hydrogens (tertiary/aromatic N) is 2. The molecule has 1 aromatic heterocycles. The summed E-state index contributed by atoms with van der Waals surface area (Å²) < 4.78 is 5.62. The van der Waals surface area contributed by atoms with E-state index in [0.29, 0.717) is 0 Å². The van der Waals surface area contributed by atoms with Gasteiger partial charge in [-0.05, 0) is 6.54 Å². The molecule has 16 heavy (non-hydrogen) atoms. The smallest absolute Gasteiger partial charge is 0.157 e. The van der Waals surface area contributed by atoms with Crippen LogP contribution in [-0.2, 0) is 11.3 Å². The molecule has 0 saturated carbocycles. The molecule has 0 bridgehead atoms. The quantitative estimate of drug-likeness (QED) is 0.860. The van der Waals surface area contributed by atoms with Crippen molar-refractivity contribution in [1.82, 2.24) is 15.3 Å². The molecule has 2 heterocycles. The van der Waals surface area contributed by atoms with Crippen molar-refractivity contribution in [2.45, 2.75) is 19.6 Å². The lowest BCUT2D eigenvalue weighted by Gasteiger charge is -2.20. The lowest BCUT2D eigenvalue weighted by molar-refractivity contribution is 0.0694. The van der Waals surface area contributed by atoms with Crippen molar-refractivity contribution < 1.29 is 4.74 Å². The zero-order valence-corrected chi connectivity index (χ0v) is 10.3. The predicted molar refractivity (Wildman–Crippen MR) is 65.4 cm³/mol. The molecule has 0 radical (unpaired) electrons. The van der Waals surface area contributed by atoms with Gasteiger partial charge >= 0.3 is 0 Å². The monoisotopic (exact) mass is 239 g/mol. The molecule has 1 aromatic rings. The summed E-state index contributed by atoms with van der Waals surface area (Å²) >= 11 is 1.90. The van der Waals surface area contributed by atoms with Gasteiger partial charge < -0.3 is 10.1 Å². The van der Waals surface area contributed by atoms with E-state index in [0.717, 1.165) is 42.6 Å². The molecular weight excluding hydrogens is 222 g/mol. The Labute approximate surface area is 100 Å². The normalized spacial score (nSPS) is 20.9. The Balaban J connectivity index is 1.95. The van der Waals surface area contributed by atoms with Gasteiger partial charge in [0, 0.05) is 36.0 Å². The molecule has 5 heteroatoms. The minimum absolute atomic E-state index is 0.0759. The molecule has 1 saturated heterocycles. The molecule has 1 atom stereocenters. The van der Waals surface area contributed by atoms with Crippen molar-refractivity contribution in [2.24, 2.45) is 0 Å². The van der Waals surface area contributed by atoms with Crippen LogP contribution in [0.4, 0.5) is 0 Å². The van der Waals surface area contributed by atoms with Crippen LogP contribution in [0, 0.1) is 0 Å². The standard InChI is InChI=1S/C11H17N3OS/c1-2-12-5-9-6-13-11(14-7-9)10-8-16-4-3-15-10/h6-7,10,12H,2-5,8H2,1H3. The average Bonchev–Trinajstić information content (AvgIpc) is 2.38. The van der Waals surface area contributed by atoms with E-state index in [9.17, 15) is 0 Å². The Morgan fingerprint density at radius 1 is 1.50 bits per heavy atom. The molecule has 0 spiro atoms. The van der Waals surface area contributed by atoms with Crippen LogP contribution < -0.4 is 5.32 Å². The van der Waals surface area contributed by atoms with E-state index in [1.165, 1.54) is 0 Å². The van der Waals surface area contributed by atoms with Crippen molar-refractivity contribution in [3.05, 3.63) is 23.8 Å². The van der Waals surface area contributed by atoms with E-state index < -0.39 is 0 Å². The number of nitrogens with one attached hydrogen (secondary N) is 1. The van der Waals surface area contributed by atoms with Crippen LogP contribution in [0.25, 0.3) is 0 Å². The second-order valence-electron chi connectivity index (χ2n) is 3.66. The first-order chi connectivity index (χ1) is 7.90. The number of hydrogen-bond acceptors (Lipinski definition) is 5. The molecule has 4 nitrogen and oxygen atoms in total. The Morgan fingerprint density at radius 2 is 2.31 bits per heavy atom. The van der Waals surface area contributed by atoms with E-state index in [1.807, 2.05) is 24.2 Å². The first-order valence-corrected chi connectivity index (χ1v) is 6.76. The highest BCUT2D eigenvalue weighted by molar-refractivity contribution is 7.99. The third-order valence-corrected chi connectivity index (χ3v) is 3.40. The van der Waals surface area contributed by atoms with Gasteiger partial charge in [-0.1, -0.05) is 6.92 Å². The van der Waals surface area contributed by atoms with E-state index >= 15 is 0 Å². The number of aromatic nitrogens is 2. The van der Waals surface area contributed by atoms with Crippen LogP contribution >= 0.6 is 11.8 Å². The van der Waals surface area contributed by atoms with Crippen LogP contribution in [0.2, 0.25) is 0 Å². The molecule has 1 aliphatic rings. The zero-order chi connectivity index (χ0) is 11.2. The molecule has 2 rings (SSSR count). The van der Waals surface area contributed by atoms with Crippen LogP contribution in [0.3, 0.4) is 0 Å². The maximum atomic E-state index is 5.62. The summed E-state index contributed by atoms with van der Waals surface area (Å²) in [6, 6.07) is 0. The Bertz CT molecular complexity index is 312. The maximum absolute atomic E-state index is 5.62. The first kappa shape index (κ1) is 11.8. The highest BCUT2D eigenvalue weighted by Crippen LogP contribution is 2.23. The molecule has 88 valence electrons. The van der Waals surface area contributed by atoms with Gasteiger partial charge in [0.15, 0.2) is 5.82 Å². The summed E-state index contributed by atoms with van der Waals surface area (Å²) in [7, 11) is 0. The second-order valence-corrected chi connectivity index (χ2v) is 4.81. The summed E-state index contributed by atoms with van der Waals surface area (Å²) in [4.78, 5) is 8.73. The van der Waals surface area contributed by atoms with Crippen LogP contribution in [0.15, 0.2) is 12.4 Å². The molecule has 0 aliphatic carbocycles. The average molecular weight is 239 g/mol. The largest absolute Gasteiger partial charge is 0.368 e. The van der Waals surface area contributed by atoms with Crippen LogP contribution in [-0.4, -0.2) is 34.6 Å².